The van der Waals surface area contributed by atoms with Crippen molar-refractivity contribution in [2.24, 2.45) is 0 Å². The third-order valence-corrected chi connectivity index (χ3v) is 3.32. The predicted octanol–water partition coefficient (Wildman–Crippen LogP) is 4.34. The first-order valence-electron chi connectivity index (χ1n) is 6.35. The van der Waals surface area contributed by atoms with Crippen LogP contribution in [0.15, 0.2) is 42.5 Å². The Labute approximate surface area is 137 Å². The number of halogens is 2. The second-order valence-electron chi connectivity index (χ2n) is 4.47. The Bertz CT molecular complexity index is 720. The largest absolute Gasteiger partial charge is 0.337 e. The second-order valence-corrected chi connectivity index (χ2v) is 5.31. The van der Waals surface area contributed by atoms with Crippen LogP contribution < -0.4 is 16.2 Å². The lowest BCUT2D eigenvalue weighted by molar-refractivity contribution is 0.101. The highest BCUT2D eigenvalue weighted by Gasteiger charge is 2.06. The topological polar surface area (TPSA) is 70.2 Å². The lowest BCUT2D eigenvalue weighted by Crippen LogP contribution is -2.33. The van der Waals surface area contributed by atoms with E-state index in [9.17, 15) is 9.59 Å². The summed E-state index contributed by atoms with van der Waals surface area (Å²) < 4.78 is 0. The molecule has 2 aromatic rings. The van der Waals surface area contributed by atoms with Crippen molar-refractivity contribution in [2.45, 2.75) is 6.92 Å². The average Bonchev–Trinajstić information content (AvgIpc) is 2.46. The lowest BCUT2D eigenvalue weighted by atomic mass is 10.1. The summed E-state index contributed by atoms with van der Waals surface area (Å²) in [6.07, 6.45) is 0. The van der Waals surface area contributed by atoms with E-state index in [0.29, 0.717) is 27.0 Å². The van der Waals surface area contributed by atoms with Crippen molar-refractivity contribution >= 4 is 46.4 Å². The Morgan fingerprint density at radius 3 is 2.50 bits per heavy atom. The molecule has 0 atom stereocenters. The van der Waals surface area contributed by atoms with Gasteiger partial charge in [-0.25, -0.2) is 4.79 Å². The minimum absolute atomic E-state index is 0.0740. The summed E-state index contributed by atoms with van der Waals surface area (Å²) in [5.74, 6) is -0.0740. The molecule has 0 saturated carbocycles. The maximum absolute atomic E-state index is 11.8. The normalized spacial score (nSPS) is 9.95. The van der Waals surface area contributed by atoms with Crippen LogP contribution in [0.1, 0.15) is 17.3 Å². The van der Waals surface area contributed by atoms with E-state index in [2.05, 4.69) is 16.2 Å². The third-order valence-electron chi connectivity index (χ3n) is 2.77. The number of carbonyl (C=O) groups excluding carboxylic acids is 2. The van der Waals surface area contributed by atoms with Crippen LogP contribution in [0.3, 0.4) is 0 Å². The molecule has 0 fully saturated rings. The summed E-state index contributed by atoms with van der Waals surface area (Å²) in [5, 5.41) is 3.49. The van der Waals surface area contributed by atoms with Gasteiger partial charge >= 0.3 is 6.03 Å². The summed E-state index contributed by atoms with van der Waals surface area (Å²) in [7, 11) is 0. The molecule has 7 heteroatoms. The molecule has 0 aliphatic heterocycles. The SMILES string of the molecule is CC(=O)c1cccc(NC(=O)NNc2ccc(Cl)cc2Cl)c1. The third kappa shape index (κ3) is 4.38. The van der Waals surface area contributed by atoms with E-state index in [4.69, 9.17) is 23.2 Å². The van der Waals surface area contributed by atoms with Crippen molar-refractivity contribution in [3.63, 3.8) is 0 Å². The van der Waals surface area contributed by atoms with Crippen molar-refractivity contribution < 1.29 is 9.59 Å². The maximum atomic E-state index is 11.8. The number of anilines is 2. The van der Waals surface area contributed by atoms with E-state index < -0.39 is 6.03 Å². The highest BCUT2D eigenvalue weighted by Crippen LogP contribution is 2.24. The quantitative estimate of drug-likeness (QED) is 0.573. The van der Waals surface area contributed by atoms with Gasteiger partial charge in [0.2, 0.25) is 0 Å². The Morgan fingerprint density at radius 1 is 1.05 bits per heavy atom. The number of urea groups is 1. The minimum atomic E-state index is -0.494. The summed E-state index contributed by atoms with van der Waals surface area (Å²) in [4.78, 5) is 23.1. The number of ketones is 1. The van der Waals surface area contributed by atoms with E-state index in [1.165, 1.54) is 6.92 Å². The number of rotatable bonds is 4. The summed E-state index contributed by atoms with van der Waals surface area (Å²) >= 11 is 11.8. The fraction of sp³-hybridized carbons (Fsp3) is 0.0667. The van der Waals surface area contributed by atoms with Gasteiger partial charge in [-0.05, 0) is 37.3 Å². The van der Waals surface area contributed by atoms with Crippen molar-refractivity contribution in [1.29, 1.82) is 0 Å². The first-order valence-corrected chi connectivity index (χ1v) is 7.10. The molecule has 5 nitrogen and oxygen atoms in total. The van der Waals surface area contributed by atoms with Crippen LogP contribution in [0, 0.1) is 0 Å². The number of hydrogen-bond donors (Lipinski definition) is 3. The Hall–Kier alpha value is -2.24. The van der Waals surface area contributed by atoms with Crippen LogP contribution >= 0.6 is 23.2 Å². The summed E-state index contributed by atoms with van der Waals surface area (Å²) in [6.45, 7) is 1.46. The first-order chi connectivity index (χ1) is 10.5. The lowest BCUT2D eigenvalue weighted by Gasteiger charge is -2.11. The molecule has 0 aliphatic carbocycles. The summed E-state index contributed by atoms with van der Waals surface area (Å²) in [6, 6.07) is 11.0. The van der Waals surface area contributed by atoms with Gasteiger partial charge in [0.1, 0.15) is 0 Å². The van der Waals surface area contributed by atoms with E-state index in [1.54, 1.807) is 42.5 Å². The fourth-order valence-corrected chi connectivity index (χ4v) is 2.15. The van der Waals surface area contributed by atoms with E-state index in [1.807, 2.05) is 0 Å². The number of Topliss-reactive ketones (excluding diaryl/α,β-unsaturated/α-hetero) is 1. The van der Waals surface area contributed by atoms with Crippen LogP contribution in [0.2, 0.25) is 10.0 Å². The van der Waals surface area contributed by atoms with Gasteiger partial charge in [-0.1, -0.05) is 35.3 Å². The monoisotopic (exact) mass is 337 g/mol. The second kappa shape index (κ2) is 7.15. The van der Waals surface area contributed by atoms with Crippen LogP contribution in [0.5, 0.6) is 0 Å². The molecular formula is C15H13Cl2N3O2. The number of hydrogen-bond acceptors (Lipinski definition) is 3. The van der Waals surface area contributed by atoms with Crippen molar-refractivity contribution in [1.82, 2.24) is 5.43 Å². The Balaban J connectivity index is 1.95. The molecule has 0 spiro atoms. The van der Waals surface area contributed by atoms with E-state index >= 15 is 0 Å². The van der Waals surface area contributed by atoms with Crippen molar-refractivity contribution in [3.05, 3.63) is 58.1 Å². The Morgan fingerprint density at radius 2 is 1.82 bits per heavy atom. The van der Waals surface area contributed by atoms with Crippen molar-refractivity contribution in [2.75, 3.05) is 10.7 Å². The molecule has 22 heavy (non-hydrogen) atoms. The van der Waals surface area contributed by atoms with Crippen LogP contribution in [-0.2, 0) is 0 Å². The van der Waals surface area contributed by atoms with Gasteiger partial charge in [-0.2, -0.15) is 0 Å². The molecule has 0 radical (unpaired) electrons. The molecule has 0 saturated heterocycles. The zero-order chi connectivity index (χ0) is 16.1. The van der Waals surface area contributed by atoms with Gasteiger partial charge in [0.15, 0.2) is 5.78 Å². The van der Waals surface area contributed by atoms with E-state index in [-0.39, 0.29) is 5.78 Å². The zero-order valence-corrected chi connectivity index (χ0v) is 13.1. The van der Waals surface area contributed by atoms with Gasteiger partial charge < -0.3 is 5.32 Å². The highest BCUT2D eigenvalue weighted by molar-refractivity contribution is 6.36. The zero-order valence-electron chi connectivity index (χ0n) is 11.6. The number of nitrogens with one attached hydrogen (secondary N) is 3. The molecule has 0 heterocycles. The van der Waals surface area contributed by atoms with Crippen LogP contribution in [0.4, 0.5) is 16.2 Å². The molecule has 0 bridgehead atoms. The molecular weight excluding hydrogens is 325 g/mol. The van der Waals surface area contributed by atoms with Crippen molar-refractivity contribution in [3.8, 4) is 0 Å². The van der Waals surface area contributed by atoms with Gasteiger partial charge in [0, 0.05) is 16.3 Å². The molecule has 0 aliphatic rings. The Kier molecular flexibility index (Phi) is 5.25. The average molecular weight is 338 g/mol. The summed E-state index contributed by atoms with van der Waals surface area (Å²) in [5.41, 5.74) is 6.66. The molecule has 2 rings (SSSR count). The number of benzene rings is 2. The standard InChI is InChI=1S/C15H13Cl2N3O2/c1-9(21)10-3-2-4-12(7-10)18-15(22)20-19-14-6-5-11(16)8-13(14)17/h2-8,19H,1H3,(H2,18,20,22). The highest BCUT2D eigenvalue weighted by atomic mass is 35.5. The molecule has 0 aromatic heterocycles. The number of amides is 2. The molecule has 3 N–H and O–H groups in total. The smallest absolute Gasteiger partial charge is 0.307 e. The minimum Gasteiger partial charge on any atom is -0.307 e. The van der Waals surface area contributed by atoms with Crippen LogP contribution in [0.25, 0.3) is 0 Å². The van der Waals surface area contributed by atoms with Gasteiger partial charge in [0.05, 0.1) is 10.7 Å². The molecule has 0 unspecified atom stereocenters. The number of carbonyl (C=O) groups is 2. The molecule has 114 valence electrons. The van der Waals surface area contributed by atoms with Gasteiger partial charge in [0.25, 0.3) is 0 Å². The fourth-order valence-electron chi connectivity index (χ4n) is 1.69. The van der Waals surface area contributed by atoms with E-state index in [0.717, 1.165) is 0 Å². The maximum Gasteiger partial charge on any atom is 0.337 e. The predicted molar refractivity (Wildman–Crippen MR) is 88.7 cm³/mol. The number of hydrazine groups is 1. The van der Waals surface area contributed by atoms with Gasteiger partial charge in [-0.15, -0.1) is 0 Å². The first kappa shape index (κ1) is 16.1. The molecule has 2 aromatic carbocycles. The van der Waals surface area contributed by atoms with Crippen LogP contribution in [-0.4, -0.2) is 11.8 Å². The van der Waals surface area contributed by atoms with Gasteiger partial charge in [-0.3, -0.25) is 15.6 Å². The molecule has 2 amide bonds.